The number of carbonyl (C=O) groups is 3. The van der Waals surface area contributed by atoms with Crippen molar-refractivity contribution in [2.24, 2.45) is 0 Å². The lowest BCUT2D eigenvalue weighted by Crippen LogP contribution is -2.36. The molecule has 7 nitrogen and oxygen atoms in total. The molecule has 0 atom stereocenters. The van der Waals surface area contributed by atoms with Crippen molar-refractivity contribution < 1.29 is 23.2 Å². The van der Waals surface area contributed by atoms with Crippen molar-refractivity contribution >= 4 is 55.9 Å². The van der Waals surface area contributed by atoms with Crippen molar-refractivity contribution in [3.8, 4) is 0 Å². The fourth-order valence-electron chi connectivity index (χ4n) is 3.23. The van der Waals surface area contributed by atoms with Gasteiger partial charge >= 0.3 is 11.8 Å². The van der Waals surface area contributed by atoms with Gasteiger partial charge in [0.15, 0.2) is 0 Å². The van der Waals surface area contributed by atoms with Crippen LogP contribution in [0.4, 0.5) is 20.2 Å². The quantitative estimate of drug-likeness (QED) is 0.328. The Hall–Kier alpha value is -4.05. The Bertz CT molecular complexity index is 1430. The number of rotatable bonds is 4. The summed E-state index contributed by atoms with van der Waals surface area (Å²) >= 11 is 3.36. The highest BCUT2D eigenvalue weighted by molar-refractivity contribution is 9.10. The van der Waals surface area contributed by atoms with Gasteiger partial charge in [0, 0.05) is 21.6 Å². The minimum atomic E-state index is -1.20. The van der Waals surface area contributed by atoms with Crippen LogP contribution in [0.15, 0.2) is 71.2 Å². The molecule has 4 aromatic rings. The van der Waals surface area contributed by atoms with Crippen LogP contribution in [0, 0.1) is 18.6 Å². The highest BCUT2D eigenvalue weighted by atomic mass is 79.9. The number of nitrogens with zero attached hydrogens (tertiary/aromatic N) is 1. The Balaban J connectivity index is 1.62. The van der Waals surface area contributed by atoms with Gasteiger partial charge in [-0.05, 0) is 55.5 Å². The van der Waals surface area contributed by atoms with E-state index in [9.17, 15) is 23.2 Å². The topological polar surface area (TPSA) is 92.2 Å². The minimum absolute atomic E-state index is 0.0581. The second-order valence-corrected chi connectivity index (χ2v) is 8.32. The van der Waals surface area contributed by atoms with Gasteiger partial charge in [0.05, 0.1) is 11.2 Å². The van der Waals surface area contributed by atoms with Crippen LogP contribution < -0.4 is 16.1 Å². The molecule has 0 aliphatic heterocycles. The van der Waals surface area contributed by atoms with Gasteiger partial charge in [0.1, 0.15) is 17.3 Å². The summed E-state index contributed by atoms with van der Waals surface area (Å²) in [5, 5.41) is 5.45. The minimum Gasteiger partial charge on any atom is -0.321 e. The average molecular weight is 527 g/mol. The maximum Gasteiger partial charge on any atom is 0.328 e. The lowest BCUT2D eigenvalue weighted by Gasteiger charge is -2.13. The predicted molar refractivity (Wildman–Crippen MR) is 128 cm³/mol. The number of amides is 3. The van der Waals surface area contributed by atoms with Crippen LogP contribution in [-0.4, -0.2) is 22.4 Å². The fraction of sp³-hybridized carbons (Fsp3) is 0.0417. The van der Waals surface area contributed by atoms with Gasteiger partial charge in [-0.15, -0.1) is 0 Å². The number of benzene rings is 3. The van der Waals surface area contributed by atoms with E-state index < -0.39 is 29.4 Å². The van der Waals surface area contributed by atoms with Gasteiger partial charge in [-0.1, -0.05) is 33.6 Å². The second kappa shape index (κ2) is 9.44. The molecule has 1 aromatic heterocycles. The van der Waals surface area contributed by atoms with Gasteiger partial charge in [0.25, 0.3) is 5.91 Å². The highest BCUT2D eigenvalue weighted by Crippen LogP contribution is 2.24. The third-order valence-corrected chi connectivity index (χ3v) is 5.40. The Kier molecular flexibility index (Phi) is 6.42. The Morgan fingerprint density at radius 3 is 2.29 bits per heavy atom. The number of aromatic nitrogens is 1. The second-order valence-electron chi connectivity index (χ2n) is 7.41. The van der Waals surface area contributed by atoms with Crippen molar-refractivity contribution in [2.45, 2.75) is 6.92 Å². The SMILES string of the molecule is Cc1ccc(NC(=O)c2cc3cc(Br)ccc3n2NC(=O)C(=O)Nc2ccc(F)cc2F)cc1. The molecule has 172 valence electrons. The maximum atomic E-state index is 13.9. The summed E-state index contributed by atoms with van der Waals surface area (Å²) in [6.07, 6.45) is 0. The normalized spacial score (nSPS) is 10.7. The maximum absolute atomic E-state index is 13.9. The lowest BCUT2D eigenvalue weighted by molar-refractivity contribution is -0.133. The zero-order valence-corrected chi connectivity index (χ0v) is 19.2. The summed E-state index contributed by atoms with van der Waals surface area (Å²) in [7, 11) is 0. The molecule has 1 heterocycles. The van der Waals surface area contributed by atoms with Gasteiger partial charge in [-0.2, -0.15) is 0 Å². The van der Waals surface area contributed by atoms with Crippen LogP contribution in [0.2, 0.25) is 0 Å². The molecular weight excluding hydrogens is 510 g/mol. The van der Waals surface area contributed by atoms with E-state index in [4.69, 9.17) is 0 Å². The van der Waals surface area contributed by atoms with Crippen molar-refractivity contribution in [1.29, 1.82) is 0 Å². The summed E-state index contributed by atoms with van der Waals surface area (Å²) in [6.45, 7) is 1.92. The summed E-state index contributed by atoms with van der Waals surface area (Å²) in [4.78, 5) is 38.0. The summed E-state index contributed by atoms with van der Waals surface area (Å²) in [5.74, 6) is -4.74. The van der Waals surface area contributed by atoms with Crippen LogP contribution in [-0.2, 0) is 9.59 Å². The van der Waals surface area contributed by atoms with Crippen LogP contribution in [0.1, 0.15) is 16.1 Å². The van der Waals surface area contributed by atoms with Crippen molar-refractivity contribution in [1.82, 2.24) is 4.68 Å². The first-order chi connectivity index (χ1) is 16.2. The van der Waals surface area contributed by atoms with Gasteiger partial charge in [-0.25, -0.2) is 13.5 Å². The van der Waals surface area contributed by atoms with Gasteiger partial charge in [-0.3, -0.25) is 19.8 Å². The van der Waals surface area contributed by atoms with E-state index in [0.29, 0.717) is 22.7 Å². The molecule has 0 unspecified atom stereocenters. The standard InChI is InChI=1S/C24H17BrF2N4O3/c1-13-2-6-17(7-3-13)28-22(32)21-11-14-10-15(25)4-9-20(14)31(21)30-24(34)23(33)29-19-8-5-16(26)12-18(19)27/h2-12H,1H3,(H,28,32)(H,29,33)(H,30,34). The monoisotopic (exact) mass is 526 g/mol. The molecule has 10 heteroatoms. The smallest absolute Gasteiger partial charge is 0.321 e. The zero-order valence-electron chi connectivity index (χ0n) is 17.7. The molecule has 3 aromatic carbocycles. The largest absolute Gasteiger partial charge is 0.328 e. The number of anilines is 2. The van der Waals surface area contributed by atoms with Crippen LogP contribution in [0.5, 0.6) is 0 Å². The first-order valence-electron chi connectivity index (χ1n) is 9.97. The molecule has 0 spiro atoms. The molecule has 3 N–H and O–H groups in total. The Morgan fingerprint density at radius 1 is 0.853 bits per heavy atom. The molecule has 0 aliphatic rings. The molecule has 0 aliphatic carbocycles. The van der Waals surface area contributed by atoms with Crippen LogP contribution in [0.3, 0.4) is 0 Å². The third kappa shape index (κ3) is 4.96. The van der Waals surface area contributed by atoms with E-state index in [1.54, 1.807) is 36.4 Å². The molecule has 3 amide bonds. The number of hydrogen-bond donors (Lipinski definition) is 3. The summed E-state index contributed by atoms with van der Waals surface area (Å²) in [6, 6.07) is 16.3. The summed E-state index contributed by atoms with van der Waals surface area (Å²) in [5.41, 5.74) is 4.09. The Labute approximate surface area is 200 Å². The van der Waals surface area contributed by atoms with Crippen LogP contribution in [0.25, 0.3) is 10.9 Å². The van der Waals surface area contributed by atoms with Crippen molar-refractivity contribution in [3.63, 3.8) is 0 Å². The van der Waals surface area contributed by atoms with Gasteiger partial charge < -0.3 is 10.6 Å². The molecular formula is C24H17BrF2N4O3. The number of hydrogen-bond acceptors (Lipinski definition) is 3. The average Bonchev–Trinajstić information content (AvgIpc) is 3.14. The molecule has 0 saturated heterocycles. The number of aryl methyl sites for hydroxylation is 1. The van der Waals surface area contributed by atoms with E-state index in [1.165, 1.54) is 4.68 Å². The number of carbonyl (C=O) groups excluding carboxylic acids is 3. The molecule has 0 radical (unpaired) electrons. The molecule has 4 rings (SSSR count). The fourth-order valence-corrected chi connectivity index (χ4v) is 3.61. The highest BCUT2D eigenvalue weighted by Gasteiger charge is 2.22. The third-order valence-electron chi connectivity index (χ3n) is 4.90. The van der Waals surface area contributed by atoms with Gasteiger partial charge in [0.2, 0.25) is 0 Å². The molecule has 0 saturated carbocycles. The zero-order chi connectivity index (χ0) is 24.4. The summed E-state index contributed by atoms with van der Waals surface area (Å²) < 4.78 is 28.9. The first-order valence-corrected chi connectivity index (χ1v) is 10.8. The predicted octanol–water partition coefficient (Wildman–Crippen LogP) is 4.95. The molecule has 0 bridgehead atoms. The van der Waals surface area contributed by atoms with E-state index in [-0.39, 0.29) is 11.4 Å². The number of fused-ring (bicyclic) bond motifs is 1. The molecule has 34 heavy (non-hydrogen) atoms. The Morgan fingerprint density at radius 2 is 1.59 bits per heavy atom. The van der Waals surface area contributed by atoms with E-state index in [0.717, 1.165) is 22.2 Å². The first kappa shape index (κ1) is 23.1. The molecule has 0 fully saturated rings. The number of halogens is 3. The van der Waals surface area contributed by atoms with Crippen molar-refractivity contribution in [2.75, 3.05) is 16.1 Å². The number of nitrogens with one attached hydrogen (secondary N) is 3. The van der Waals surface area contributed by atoms with Crippen LogP contribution >= 0.6 is 15.9 Å². The van der Waals surface area contributed by atoms with E-state index in [2.05, 4.69) is 32.0 Å². The van der Waals surface area contributed by atoms with E-state index >= 15 is 0 Å². The van der Waals surface area contributed by atoms with E-state index in [1.807, 2.05) is 19.1 Å². The lowest BCUT2D eigenvalue weighted by atomic mass is 10.2. The van der Waals surface area contributed by atoms with Crippen molar-refractivity contribution in [3.05, 3.63) is 94.1 Å².